The van der Waals surface area contributed by atoms with Gasteiger partial charge in [-0.05, 0) is 0 Å². The fourth-order valence-electron chi connectivity index (χ4n) is 1.35. The van der Waals surface area contributed by atoms with Gasteiger partial charge in [-0.25, -0.2) is 4.98 Å². The Bertz CT molecular complexity index is 552. The molecule has 2 heterocycles. The lowest BCUT2D eigenvalue weighted by atomic mass is 10.3. The molecular formula is C10H14N6OS2. The largest absolute Gasteiger partial charge is 0.375 e. The normalized spacial score (nSPS) is 10.6. The third-order valence-corrected chi connectivity index (χ3v) is 4.03. The Morgan fingerprint density at radius 1 is 1.63 bits per heavy atom. The van der Waals surface area contributed by atoms with Crippen molar-refractivity contribution in [2.75, 3.05) is 18.0 Å². The molecule has 9 heteroatoms. The zero-order valence-electron chi connectivity index (χ0n) is 10.4. The molecule has 0 aliphatic rings. The number of amides is 1. The van der Waals surface area contributed by atoms with Crippen LogP contribution in [0.15, 0.2) is 16.9 Å². The first-order chi connectivity index (χ1) is 9.15. The molecule has 2 aromatic rings. The van der Waals surface area contributed by atoms with E-state index in [0.717, 1.165) is 10.9 Å². The highest BCUT2D eigenvalue weighted by molar-refractivity contribution is 7.99. The summed E-state index contributed by atoms with van der Waals surface area (Å²) in [6.45, 7) is 0.557. The van der Waals surface area contributed by atoms with Crippen molar-refractivity contribution in [3.8, 4) is 0 Å². The number of nitrogens with two attached hydrogens (primary N) is 1. The average molecular weight is 298 g/mol. The van der Waals surface area contributed by atoms with Crippen LogP contribution in [0, 0.1) is 0 Å². The predicted octanol–water partition coefficient (Wildman–Crippen LogP) is 0.305. The lowest BCUT2D eigenvalue weighted by Gasteiger charge is -2.03. The number of hydrogen-bond acceptors (Lipinski definition) is 7. The highest BCUT2D eigenvalue weighted by Gasteiger charge is 2.06. The number of rotatable bonds is 6. The smallest absolute Gasteiger partial charge is 0.230 e. The fraction of sp³-hybridized carbons (Fsp3) is 0.400. The van der Waals surface area contributed by atoms with Crippen LogP contribution in [0.1, 0.15) is 5.69 Å². The molecule has 0 aromatic carbocycles. The summed E-state index contributed by atoms with van der Waals surface area (Å²) in [4.78, 5) is 15.7. The van der Waals surface area contributed by atoms with E-state index in [4.69, 9.17) is 5.73 Å². The molecule has 1 amide bonds. The number of nitrogens with one attached hydrogen (secondary N) is 1. The third-order valence-electron chi connectivity index (χ3n) is 2.28. The Morgan fingerprint density at radius 2 is 2.47 bits per heavy atom. The van der Waals surface area contributed by atoms with E-state index >= 15 is 0 Å². The molecule has 0 aliphatic carbocycles. The van der Waals surface area contributed by atoms with E-state index < -0.39 is 0 Å². The van der Waals surface area contributed by atoms with Gasteiger partial charge in [-0.3, -0.25) is 4.79 Å². The number of hydrogen-bond donors (Lipinski definition) is 2. The molecule has 0 bridgehead atoms. The van der Waals surface area contributed by atoms with Gasteiger partial charge in [-0.1, -0.05) is 11.8 Å². The molecule has 7 nitrogen and oxygen atoms in total. The Kier molecular flexibility index (Phi) is 4.74. The summed E-state index contributed by atoms with van der Waals surface area (Å²) in [5, 5.41) is 13.6. The standard InChI is InChI=1S/C10H14N6OS2/c1-16-6-13-15-10(16)19-5-8(17)12-3-2-7-4-18-9(11)14-7/h4,6H,2-3,5H2,1H3,(H2,11,14)(H,12,17). The van der Waals surface area contributed by atoms with Crippen molar-refractivity contribution in [3.05, 3.63) is 17.4 Å². The van der Waals surface area contributed by atoms with Gasteiger partial charge in [0.2, 0.25) is 5.91 Å². The minimum atomic E-state index is -0.0313. The number of carbonyl (C=O) groups excluding carboxylic acids is 1. The van der Waals surface area contributed by atoms with Crippen LogP contribution < -0.4 is 11.1 Å². The first-order valence-corrected chi connectivity index (χ1v) is 7.45. The molecule has 2 aromatic heterocycles. The molecule has 0 spiro atoms. The van der Waals surface area contributed by atoms with Gasteiger partial charge in [-0.15, -0.1) is 21.5 Å². The number of nitrogens with zero attached hydrogens (tertiary/aromatic N) is 4. The molecule has 0 aliphatic heterocycles. The lowest BCUT2D eigenvalue weighted by Crippen LogP contribution is -2.27. The van der Waals surface area contributed by atoms with E-state index in [1.165, 1.54) is 23.1 Å². The van der Waals surface area contributed by atoms with Crippen molar-refractivity contribution in [2.24, 2.45) is 7.05 Å². The highest BCUT2D eigenvalue weighted by atomic mass is 32.2. The van der Waals surface area contributed by atoms with Crippen molar-refractivity contribution in [2.45, 2.75) is 11.6 Å². The second-order valence-electron chi connectivity index (χ2n) is 3.79. The first kappa shape index (κ1) is 13.8. The van der Waals surface area contributed by atoms with Crippen LogP contribution in [0.5, 0.6) is 0 Å². The molecule has 0 unspecified atom stereocenters. The van der Waals surface area contributed by atoms with E-state index in [1.54, 1.807) is 10.9 Å². The minimum absolute atomic E-state index is 0.0313. The summed E-state index contributed by atoms with van der Waals surface area (Å²) >= 11 is 2.76. The van der Waals surface area contributed by atoms with Crippen molar-refractivity contribution in [1.82, 2.24) is 25.1 Å². The quantitative estimate of drug-likeness (QED) is 0.744. The second-order valence-corrected chi connectivity index (χ2v) is 5.62. The molecule has 0 saturated heterocycles. The molecule has 19 heavy (non-hydrogen) atoms. The van der Waals surface area contributed by atoms with E-state index in [9.17, 15) is 4.79 Å². The van der Waals surface area contributed by atoms with Gasteiger partial charge in [0.05, 0.1) is 11.4 Å². The average Bonchev–Trinajstić information content (AvgIpc) is 2.96. The van der Waals surface area contributed by atoms with Gasteiger partial charge in [0, 0.05) is 25.4 Å². The zero-order valence-corrected chi connectivity index (χ0v) is 12.0. The molecule has 0 atom stereocenters. The van der Waals surface area contributed by atoms with Gasteiger partial charge in [-0.2, -0.15) is 0 Å². The number of thioether (sulfide) groups is 1. The summed E-state index contributed by atoms with van der Waals surface area (Å²) in [5.74, 6) is 0.294. The van der Waals surface area contributed by atoms with Crippen molar-refractivity contribution < 1.29 is 4.79 Å². The molecular weight excluding hydrogens is 284 g/mol. The minimum Gasteiger partial charge on any atom is -0.375 e. The van der Waals surface area contributed by atoms with Crippen LogP contribution in [0.3, 0.4) is 0 Å². The van der Waals surface area contributed by atoms with E-state index in [2.05, 4.69) is 20.5 Å². The van der Waals surface area contributed by atoms with Crippen LogP contribution in [-0.2, 0) is 18.3 Å². The maximum Gasteiger partial charge on any atom is 0.230 e. The third kappa shape index (κ3) is 4.21. The molecule has 0 fully saturated rings. The zero-order chi connectivity index (χ0) is 13.7. The lowest BCUT2D eigenvalue weighted by molar-refractivity contribution is -0.118. The molecule has 102 valence electrons. The topological polar surface area (TPSA) is 98.7 Å². The van der Waals surface area contributed by atoms with E-state index in [-0.39, 0.29) is 5.91 Å². The summed E-state index contributed by atoms with van der Waals surface area (Å²) in [6, 6.07) is 0. The van der Waals surface area contributed by atoms with Crippen LogP contribution >= 0.6 is 23.1 Å². The van der Waals surface area contributed by atoms with Gasteiger partial charge in [0.25, 0.3) is 0 Å². The predicted molar refractivity (Wildman–Crippen MR) is 75.0 cm³/mol. The van der Waals surface area contributed by atoms with Crippen LogP contribution in [-0.4, -0.2) is 38.0 Å². The number of thiazole rings is 1. The van der Waals surface area contributed by atoms with Crippen LogP contribution in [0.25, 0.3) is 0 Å². The van der Waals surface area contributed by atoms with Crippen molar-refractivity contribution in [3.63, 3.8) is 0 Å². The first-order valence-electron chi connectivity index (χ1n) is 5.58. The molecule has 0 radical (unpaired) electrons. The SMILES string of the molecule is Cn1cnnc1SCC(=O)NCCc1csc(N)n1. The molecule has 0 saturated carbocycles. The maximum atomic E-state index is 11.6. The maximum absolute atomic E-state index is 11.6. The number of aromatic nitrogens is 4. The van der Waals surface area contributed by atoms with Gasteiger partial charge < -0.3 is 15.6 Å². The van der Waals surface area contributed by atoms with Gasteiger partial charge in [0.1, 0.15) is 6.33 Å². The van der Waals surface area contributed by atoms with E-state index in [1.807, 2.05) is 12.4 Å². The van der Waals surface area contributed by atoms with Crippen LogP contribution in [0.2, 0.25) is 0 Å². The molecule has 2 rings (SSSR count). The van der Waals surface area contributed by atoms with E-state index in [0.29, 0.717) is 23.8 Å². The second kappa shape index (κ2) is 6.53. The van der Waals surface area contributed by atoms with Crippen molar-refractivity contribution in [1.29, 1.82) is 0 Å². The Hall–Kier alpha value is -1.61. The number of aryl methyl sites for hydroxylation is 1. The fourth-order valence-corrected chi connectivity index (χ4v) is 2.67. The van der Waals surface area contributed by atoms with Crippen LogP contribution in [0.4, 0.5) is 5.13 Å². The summed E-state index contributed by atoms with van der Waals surface area (Å²) in [5.41, 5.74) is 6.43. The number of nitrogen functional groups attached to an aromatic ring is 1. The van der Waals surface area contributed by atoms with Gasteiger partial charge >= 0.3 is 0 Å². The highest BCUT2D eigenvalue weighted by Crippen LogP contribution is 2.13. The number of anilines is 1. The summed E-state index contributed by atoms with van der Waals surface area (Å²) < 4.78 is 1.77. The van der Waals surface area contributed by atoms with Crippen molar-refractivity contribution >= 4 is 34.1 Å². The Balaban J connectivity index is 1.66. The summed E-state index contributed by atoms with van der Waals surface area (Å²) in [6.07, 6.45) is 2.29. The Labute approximate surface area is 118 Å². The summed E-state index contributed by atoms with van der Waals surface area (Å²) in [7, 11) is 1.84. The molecule has 3 N–H and O–H groups in total. The number of carbonyl (C=O) groups is 1. The van der Waals surface area contributed by atoms with Gasteiger partial charge in [0.15, 0.2) is 10.3 Å². The Morgan fingerprint density at radius 3 is 3.11 bits per heavy atom. The monoisotopic (exact) mass is 298 g/mol.